The second-order valence-corrected chi connectivity index (χ2v) is 10.1. The smallest absolute Gasteiger partial charge is 0.255 e. The summed E-state index contributed by atoms with van der Waals surface area (Å²) >= 11 is 0. The van der Waals surface area contributed by atoms with E-state index in [1.54, 1.807) is 32.2 Å². The third-order valence-corrected chi connectivity index (χ3v) is 7.17. The van der Waals surface area contributed by atoms with Gasteiger partial charge in [-0.1, -0.05) is 18.2 Å². The van der Waals surface area contributed by atoms with Crippen LogP contribution in [0.5, 0.6) is 0 Å². The Balaban J connectivity index is 1.44. The molecule has 5 rings (SSSR count). The fourth-order valence-electron chi connectivity index (χ4n) is 4.98. The molecular weight excluding hydrogens is 452 g/mol. The van der Waals surface area contributed by atoms with Crippen LogP contribution in [0, 0.1) is 18.3 Å². The molecule has 184 valence electrons. The van der Waals surface area contributed by atoms with Crippen molar-refractivity contribution in [2.45, 2.75) is 44.8 Å². The molecule has 2 aliphatic rings. The van der Waals surface area contributed by atoms with Gasteiger partial charge in [0.15, 0.2) is 0 Å². The molecule has 2 aliphatic heterocycles. The van der Waals surface area contributed by atoms with Crippen LogP contribution in [0.1, 0.15) is 53.6 Å². The number of nitrogens with one attached hydrogen (secondary N) is 1. The average Bonchev–Trinajstić information content (AvgIpc) is 2.89. The topological polar surface area (TPSA) is 98.5 Å². The standard InChI is InChI=1S/C29H30N4O3/c1-18-4-6-21(32-28(35)20-8-9-31-27(13-20)29(2,3)17-30)14-24(18)19-5-7-23-25(12-19)33-10-11-36-16-22(33)15-26(23)34/h4-9,12-14,22,26,34H,10-11,15-16H2,1-3H3,(H,32,35). The number of pyridine rings is 1. The van der Waals surface area contributed by atoms with Crippen LogP contribution in [0.25, 0.3) is 11.1 Å². The first kappa shape index (κ1) is 24.0. The summed E-state index contributed by atoms with van der Waals surface area (Å²) in [6.07, 6.45) is 1.74. The molecule has 0 spiro atoms. The zero-order valence-electron chi connectivity index (χ0n) is 20.8. The van der Waals surface area contributed by atoms with Gasteiger partial charge in [-0.15, -0.1) is 0 Å². The van der Waals surface area contributed by atoms with Gasteiger partial charge in [0.05, 0.1) is 42.5 Å². The highest BCUT2D eigenvalue weighted by molar-refractivity contribution is 6.04. The van der Waals surface area contributed by atoms with Crippen LogP contribution in [0.4, 0.5) is 11.4 Å². The molecule has 7 nitrogen and oxygen atoms in total. The summed E-state index contributed by atoms with van der Waals surface area (Å²) in [6.45, 7) is 7.72. The van der Waals surface area contributed by atoms with Gasteiger partial charge in [0, 0.05) is 41.7 Å². The zero-order chi connectivity index (χ0) is 25.4. The Kier molecular flexibility index (Phi) is 6.25. The zero-order valence-corrected chi connectivity index (χ0v) is 20.8. The van der Waals surface area contributed by atoms with E-state index in [0.29, 0.717) is 36.6 Å². The Bertz CT molecular complexity index is 1360. The molecule has 3 aromatic rings. The number of hydrogen-bond donors (Lipinski definition) is 2. The van der Waals surface area contributed by atoms with Crippen LogP contribution in [0.15, 0.2) is 54.7 Å². The summed E-state index contributed by atoms with van der Waals surface area (Å²) in [5.74, 6) is -0.257. The lowest BCUT2D eigenvalue weighted by Gasteiger charge is -2.43. The Morgan fingerprint density at radius 3 is 2.86 bits per heavy atom. The van der Waals surface area contributed by atoms with Crippen molar-refractivity contribution in [3.8, 4) is 17.2 Å². The molecule has 7 heteroatoms. The molecule has 1 amide bonds. The highest BCUT2D eigenvalue weighted by atomic mass is 16.5. The molecule has 0 bridgehead atoms. The summed E-state index contributed by atoms with van der Waals surface area (Å²) in [5, 5.41) is 23.1. The minimum atomic E-state index is -0.785. The van der Waals surface area contributed by atoms with Gasteiger partial charge in [-0.3, -0.25) is 9.78 Å². The number of carbonyl (C=O) groups is 1. The maximum Gasteiger partial charge on any atom is 0.255 e. The number of morpholine rings is 1. The molecule has 1 aromatic heterocycles. The van der Waals surface area contributed by atoms with E-state index >= 15 is 0 Å². The SMILES string of the molecule is Cc1ccc(NC(=O)c2ccnc(C(C)(C)C#N)c2)cc1-c1ccc2c(c1)N1CCOCC1CC2O. The molecule has 2 unspecified atom stereocenters. The number of aromatic nitrogens is 1. The minimum absolute atomic E-state index is 0.180. The van der Waals surface area contributed by atoms with E-state index in [1.165, 1.54) is 0 Å². The van der Waals surface area contributed by atoms with Crippen LogP contribution in [-0.2, 0) is 10.2 Å². The number of nitrogens with zero attached hydrogens (tertiary/aromatic N) is 3. The average molecular weight is 483 g/mol. The first-order chi connectivity index (χ1) is 17.3. The predicted molar refractivity (Wildman–Crippen MR) is 139 cm³/mol. The fourth-order valence-corrected chi connectivity index (χ4v) is 4.98. The summed E-state index contributed by atoms with van der Waals surface area (Å²) in [6, 6.07) is 17.8. The molecule has 3 heterocycles. The summed E-state index contributed by atoms with van der Waals surface area (Å²) < 4.78 is 5.64. The first-order valence-electron chi connectivity index (χ1n) is 12.2. The van der Waals surface area contributed by atoms with Gasteiger partial charge in [0.1, 0.15) is 0 Å². The number of amides is 1. The Labute approximate surface area is 211 Å². The number of nitriles is 1. The minimum Gasteiger partial charge on any atom is -0.388 e. The monoisotopic (exact) mass is 482 g/mol. The van der Waals surface area contributed by atoms with Crippen LogP contribution in [0.2, 0.25) is 0 Å². The van der Waals surface area contributed by atoms with Gasteiger partial charge in [0.25, 0.3) is 5.91 Å². The van der Waals surface area contributed by atoms with Crippen molar-refractivity contribution in [1.82, 2.24) is 4.98 Å². The molecule has 2 atom stereocenters. The number of aryl methyl sites for hydroxylation is 1. The Morgan fingerprint density at radius 2 is 2.06 bits per heavy atom. The van der Waals surface area contributed by atoms with Crippen LogP contribution < -0.4 is 10.2 Å². The van der Waals surface area contributed by atoms with Gasteiger partial charge in [0.2, 0.25) is 0 Å². The summed E-state index contributed by atoms with van der Waals surface area (Å²) in [7, 11) is 0. The lowest BCUT2D eigenvalue weighted by atomic mass is 9.89. The number of anilines is 2. The molecule has 2 N–H and O–H groups in total. The first-order valence-corrected chi connectivity index (χ1v) is 12.2. The van der Waals surface area contributed by atoms with E-state index in [-0.39, 0.29) is 11.9 Å². The van der Waals surface area contributed by atoms with Crippen molar-refractivity contribution < 1.29 is 14.6 Å². The number of fused-ring (bicyclic) bond motifs is 3. The van der Waals surface area contributed by atoms with Gasteiger partial charge in [-0.25, -0.2) is 0 Å². The number of ether oxygens (including phenoxy) is 1. The van der Waals surface area contributed by atoms with Crippen molar-refractivity contribution in [3.63, 3.8) is 0 Å². The van der Waals surface area contributed by atoms with E-state index < -0.39 is 11.5 Å². The van der Waals surface area contributed by atoms with Crippen LogP contribution in [-0.4, -0.2) is 41.8 Å². The third kappa shape index (κ3) is 4.46. The highest BCUT2D eigenvalue weighted by Gasteiger charge is 2.34. The molecule has 0 saturated carbocycles. The molecule has 1 fully saturated rings. The van der Waals surface area contributed by atoms with Gasteiger partial charge in [-0.2, -0.15) is 5.26 Å². The van der Waals surface area contributed by atoms with E-state index in [9.17, 15) is 15.2 Å². The molecule has 1 saturated heterocycles. The van der Waals surface area contributed by atoms with Crippen molar-refractivity contribution in [3.05, 3.63) is 77.1 Å². The lowest BCUT2D eigenvalue weighted by Crippen LogP contribution is -2.49. The number of benzene rings is 2. The van der Waals surface area contributed by atoms with Crippen molar-refractivity contribution in [2.24, 2.45) is 0 Å². The summed E-state index contributed by atoms with van der Waals surface area (Å²) in [5.41, 5.74) is 6.04. The van der Waals surface area contributed by atoms with E-state index in [2.05, 4.69) is 27.3 Å². The van der Waals surface area contributed by atoms with Crippen molar-refractivity contribution >= 4 is 17.3 Å². The molecule has 0 radical (unpaired) electrons. The molecule has 2 aromatic carbocycles. The third-order valence-electron chi connectivity index (χ3n) is 7.17. The largest absolute Gasteiger partial charge is 0.388 e. The number of aliphatic hydroxyl groups excluding tert-OH is 1. The maximum atomic E-state index is 13.0. The van der Waals surface area contributed by atoms with Crippen LogP contribution in [0.3, 0.4) is 0 Å². The van der Waals surface area contributed by atoms with Crippen molar-refractivity contribution in [1.29, 1.82) is 5.26 Å². The predicted octanol–water partition coefficient (Wildman–Crippen LogP) is 4.75. The maximum absolute atomic E-state index is 13.0. The fraction of sp³-hybridized carbons (Fsp3) is 0.345. The van der Waals surface area contributed by atoms with Crippen molar-refractivity contribution in [2.75, 3.05) is 30.0 Å². The van der Waals surface area contributed by atoms with Gasteiger partial charge in [-0.05, 0) is 67.8 Å². The number of carbonyl (C=O) groups excluding carboxylic acids is 1. The number of hydrogen-bond acceptors (Lipinski definition) is 6. The second-order valence-electron chi connectivity index (χ2n) is 10.1. The number of aliphatic hydroxyl groups is 1. The highest BCUT2D eigenvalue weighted by Crippen LogP contribution is 2.41. The number of rotatable bonds is 4. The Hall–Kier alpha value is -3.73. The quantitative estimate of drug-likeness (QED) is 0.557. The molecule has 36 heavy (non-hydrogen) atoms. The Morgan fingerprint density at radius 1 is 1.22 bits per heavy atom. The van der Waals surface area contributed by atoms with Gasteiger partial charge >= 0.3 is 0 Å². The lowest BCUT2D eigenvalue weighted by molar-refractivity contribution is 0.0612. The van der Waals surface area contributed by atoms with E-state index in [0.717, 1.165) is 34.5 Å². The van der Waals surface area contributed by atoms with Gasteiger partial charge < -0.3 is 20.1 Å². The van der Waals surface area contributed by atoms with Crippen LogP contribution >= 0.6 is 0 Å². The summed E-state index contributed by atoms with van der Waals surface area (Å²) in [4.78, 5) is 19.7. The van der Waals surface area contributed by atoms with E-state index in [1.807, 2.05) is 37.3 Å². The molecular formula is C29H30N4O3. The second kappa shape index (κ2) is 9.38. The molecule has 0 aliphatic carbocycles. The van der Waals surface area contributed by atoms with E-state index in [4.69, 9.17) is 4.74 Å². The normalized spacial score (nSPS) is 19.1.